The number of halogens is 1. The van der Waals surface area contributed by atoms with E-state index in [1.54, 1.807) is 0 Å². The molecule has 0 saturated carbocycles. The molecular weight excluding hydrogens is 198 g/mol. The maximum absolute atomic E-state index is 10.6. The van der Waals surface area contributed by atoms with Gasteiger partial charge in [0, 0.05) is 0 Å². The van der Waals surface area contributed by atoms with Gasteiger partial charge in [0.2, 0.25) is 0 Å². The Hall–Kier alpha value is -0.890. The van der Waals surface area contributed by atoms with Gasteiger partial charge in [-0.05, 0) is 18.2 Å². The van der Waals surface area contributed by atoms with Crippen molar-refractivity contribution in [3.05, 3.63) is 28.8 Å². The summed E-state index contributed by atoms with van der Waals surface area (Å²) in [5.41, 5.74) is 0.370. The van der Waals surface area contributed by atoms with Gasteiger partial charge in [-0.1, -0.05) is 11.6 Å². The molecule has 0 fully saturated rings. The fourth-order valence-electron chi connectivity index (χ4n) is 0.712. The van der Waals surface area contributed by atoms with Gasteiger partial charge >= 0.3 is 0 Å². The van der Waals surface area contributed by atoms with Crippen molar-refractivity contribution in [1.29, 1.82) is 5.26 Å². The molecule has 0 aromatic heterocycles. The fourth-order valence-corrected chi connectivity index (χ4v) is 1.50. The molecule has 0 spiro atoms. The molecular formula is C7H4ClNO2S. The summed E-state index contributed by atoms with van der Waals surface area (Å²) in [5, 5.41) is 8.58. The lowest BCUT2D eigenvalue weighted by Gasteiger charge is -1.97. The molecule has 3 nitrogen and oxygen atoms in total. The Kier molecular flexibility index (Phi) is 2.82. The van der Waals surface area contributed by atoms with Crippen LogP contribution in [0, 0.1) is 11.3 Å². The minimum Gasteiger partial charge on any atom is -0.302 e. The molecule has 0 unspecified atom stereocenters. The van der Waals surface area contributed by atoms with Crippen LogP contribution in [-0.4, -0.2) is 8.76 Å². The van der Waals surface area contributed by atoms with Crippen molar-refractivity contribution in [2.75, 3.05) is 0 Å². The quantitative estimate of drug-likeness (QED) is 0.705. The fraction of sp³-hybridized carbons (Fsp3) is 0. The van der Waals surface area contributed by atoms with Crippen LogP contribution in [0.4, 0.5) is 0 Å². The van der Waals surface area contributed by atoms with E-state index >= 15 is 0 Å². The topological polar surface area (TPSA) is 61.1 Å². The van der Waals surface area contributed by atoms with Gasteiger partial charge < -0.3 is 4.55 Å². The second-order valence-electron chi connectivity index (χ2n) is 2.01. The van der Waals surface area contributed by atoms with Crippen molar-refractivity contribution in [2.24, 2.45) is 0 Å². The molecule has 1 rings (SSSR count). The monoisotopic (exact) mass is 201 g/mol. The molecule has 0 aliphatic carbocycles. The average Bonchev–Trinajstić information content (AvgIpc) is 2.03. The van der Waals surface area contributed by atoms with E-state index in [-0.39, 0.29) is 9.92 Å². The molecule has 12 heavy (non-hydrogen) atoms. The third-order valence-electron chi connectivity index (χ3n) is 1.25. The van der Waals surface area contributed by atoms with E-state index in [1.165, 1.54) is 18.2 Å². The highest BCUT2D eigenvalue weighted by Gasteiger charge is 2.05. The Morgan fingerprint density at radius 3 is 2.67 bits per heavy atom. The highest BCUT2D eigenvalue weighted by atomic mass is 35.5. The zero-order valence-electron chi connectivity index (χ0n) is 5.82. The number of rotatable bonds is 1. The second-order valence-corrected chi connectivity index (χ2v) is 3.35. The van der Waals surface area contributed by atoms with Gasteiger partial charge in [-0.2, -0.15) is 5.26 Å². The normalized spacial score (nSPS) is 12.1. The van der Waals surface area contributed by atoms with E-state index < -0.39 is 11.1 Å². The average molecular weight is 202 g/mol. The van der Waals surface area contributed by atoms with Crippen molar-refractivity contribution < 1.29 is 8.76 Å². The number of benzene rings is 1. The van der Waals surface area contributed by atoms with Crippen LogP contribution in [0.2, 0.25) is 5.02 Å². The highest BCUT2D eigenvalue weighted by molar-refractivity contribution is 7.79. The molecule has 5 heteroatoms. The first-order chi connectivity index (χ1) is 5.65. The lowest BCUT2D eigenvalue weighted by Crippen LogP contribution is -1.89. The van der Waals surface area contributed by atoms with Crippen LogP contribution < -0.4 is 0 Å². The van der Waals surface area contributed by atoms with Crippen molar-refractivity contribution in [1.82, 2.24) is 0 Å². The largest absolute Gasteiger partial charge is 0.302 e. The Balaban J connectivity index is 3.23. The lowest BCUT2D eigenvalue weighted by molar-refractivity contribution is 0.564. The number of hydrogen-bond acceptors (Lipinski definition) is 2. The third-order valence-corrected chi connectivity index (χ3v) is 2.41. The van der Waals surface area contributed by atoms with Gasteiger partial charge in [0.25, 0.3) is 0 Å². The van der Waals surface area contributed by atoms with E-state index in [0.717, 1.165) is 0 Å². The third kappa shape index (κ3) is 1.83. The minimum absolute atomic E-state index is 0.121. The van der Waals surface area contributed by atoms with Crippen LogP contribution >= 0.6 is 11.6 Å². The van der Waals surface area contributed by atoms with Crippen molar-refractivity contribution in [2.45, 2.75) is 4.90 Å². The first-order valence-electron chi connectivity index (χ1n) is 2.95. The summed E-state index contributed by atoms with van der Waals surface area (Å²) in [6, 6.07) is 6.02. The Morgan fingerprint density at radius 2 is 2.25 bits per heavy atom. The van der Waals surface area contributed by atoms with Gasteiger partial charge in [-0.15, -0.1) is 0 Å². The summed E-state index contributed by atoms with van der Waals surface area (Å²) in [7, 11) is 0. The van der Waals surface area contributed by atoms with Crippen LogP contribution in [0.25, 0.3) is 0 Å². The molecule has 0 radical (unpaired) electrons. The predicted molar refractivity (Wildman–Crippen MR) is 45.2 cm³/mol. The maximum atomic E-state index is 10.6. The molecule has 0 saturated heterocycles. The zero-order chi connectivity index (χ0) is 9.14. The van der Waals surface area contributed by atoms with Gasteiger partial charge in [-0.25, -0.2) is 4.21 Å². The highest BCUT2D eigenvalue weighted by Crippen LogP contribution is 2.19. The zero-order valence-corrected chi connectivity index (χ0v) is 7.39. The predicted octanol–water partition coefficient (Wildman–Crippen LogP) is 1.79. The lowest BCUT2D eigenvalue weighted by atomic mass is 10.2. The van der Waals surface area contributed by atoms with Gasteiger partial charge in [0.15, 0.2) is 11.1 Å². The molecule has 1 aromatic rings. The Bertz CT molecular complexity index is 372. The van der Waals surface area contributed by atoms with Crippen molar-refractivity contribution in [3.8, 4) is 6.07 Å². The molecule has 0 amide bonds. The van der Waals surface area contributed by atoms with E-state index in [2.05, 4.69) is 0 Å². The first kappa shape index (κ1) is 9.20. The summed E-state index contributed by atoms with van der Waals surface area (Å²) >= 11 is 3.51. The smallest absolute Gasteiger partial charge is 0.188 e. The number of nitriles is 1. The van der Waals surface area contributed by atoms with Crippen molar-refractivity contribution in [3.63, 3.8) is 0 Å². The second kappa shape index (κ2) is 3.68. The molecule has 0 aliphatic rings. The summed E-state index contributed by atoms with van der Waals surface area (Å²) in [4.78, 5) is 0.121. The van der Waals surface area contributed by atoms with Crippen LogP contribution in [0.3, 0.4) is 0 Å². The Labute approximate surface area is 76.9 Å². The van der Waals surface area contributed by atoms with Crippen LogP contribution in [0.15, 0.2) is 23.1 Å². The van der Waals surface area contributed by atoms with Gasteiger partial charge in [0.05, 0.1) is 21.6 Å². The summed E-state index contributed by atoms with van der Waals surface area (Å²) in [6.07, 6.45) is 0. The van der Waals surface area contributed by atoms with E-state index in [0.29, 0.717) is 5.56 Å². The molecule has 1 N–H and O–H groups in total. The van der Waals surface area contributed by atoms with Crippen molar-refractivity contribution >= 4 is 22.7 Å². The van der Waals surface area contributed by atoms with Gasteiger partial charge in [-0.3, -0.25) is 0 Å². The van der Waals surface area contributed by atoms with Gasteiger partial charge in [0.1, 0.15) is 0 Å². The SMILES string of the molecule is N#Cc1ccc([S@](=O)O)c(Cl)c1. The summed E-state index contributed by atoms with van der Waals surface area (Å²) in [5.74, 6) is 0. The molecule has 62 valence electrons. The van der Waals surface area contributed by atoms with E-state index in [9.17, 15) is 4.21 Å². The molecule has 1 atom stereocenters. The summed E-state index contributed by atoms with van der Waals surface area (Å²) < 4.78 is 19.2. The molecule has 1 aromatic carbocycles. The van der Waals surface area contributed by atoms with Crippen LogP contribution in [-0.2, 0) is 11.1 Å². The maximum Gasteiger partial charge on any atom is 0.188 e. The van der Waals surface area contributed by atoms with E-state index in [1.807, 2.05) is 6.07 Å². The molecule has 0 bridgehead atoms. The molecule has 0 heterocycles. The minimum atomic E-state index is -2.09. The van der Waals surface area contributed by atoms with Crippen LogP contribution in [0.1, 0.15) is 5.56 Å². The first-order valence-corrected chi connectivity index (χ1v) is 4.44. The van der Waals surface area contributed by atoms with Crippen LogP contribution in [0.5, 0.6) is 0 Å². The Morgan fingerprint density at radius 1 is 1.58 bits per heavy atom. The summed E-state index contributed by atoms with van der Waals surface area (Å²) in [6.45, 7) is 0. The number of nitrogens with zero attached hydrogens (tertiary/aromatic N) is 1. The number of hydrogen-bond donors (Lipinski definition) is 1. The molecule has 0 aliphatic heterocycles. The standard InChI is InChI=1S/C7H4ClNO2S/c8-6-3-5(4-9)1-2-7(6)12(10)11/h1-3H,(H,10,11). The van der Waals surface area contributed by atoms with E-state index in [4.69, 9.17) is 21.4 Å².